The van der Waals surface area contributed by atoms with Crippen LogP contribution in [0.2, 0.25) is 0 Å². The fourth-order valence-corrected chi connectivity index (χ4v) is 3.96. The van der Waals surface area contributed by atoms with Crippen LogP contribution in [-0.2, 0) is 20.4 Å². The second-order valence-electron chi connectivity index (χ2n) is 4.74. The number of rotatable bonds is 6. The molecule has 0 radical (unpaired) electrons. The largest absolute Gasteiger partial charge is 0.494 e. The zero-order valence-corrected chi connectivity index (χ0v) is 12.3. The van der Waals surface area contributed by atoms with Crippen LogP contribution in [0, 0.1) is 11.7 Å². The highest BCUT2D eigenvalue weighted by Gasteiger charge is 2.36. The number of aliphatic carboxylic acids is 1. The summed E-state index contributed by atoms with van der Waals surface area (Å²) in [7, 11) is -2.75. The van der Waals surface area contributed by atoms with Gasteiger partial charge in [-0.2, -0.15) is 0 Å². The van der Waals surface area contributed by atoms with Crippen molar-refractivity contribution in [3.63, 3.8) is 0 Å². The summed E-state index contributed by atoms with van der Waals surface area (Å²) >= 11 is 0. The van der Waals surface area contributed by atoms with Gasteiger partial charge in [-0.1, -0.05) is 26.0 Å². The van der Waals surface area contributed by atoms with Gasteiger partial charge in [0.15, 0.2) is 26.7 Å². The maximum absolute atomic E-state index is 13.9. The van der Waals surface area contributed by atoms with Gasteiger partial charge in [-0.05, 0) is 12.0 Å². The standard InChI is InChI=1S/C13H17FO5S/c1-8(2)12(13(15)16)20(17,18)7-9-5-4-6-10(19-3)11(9)14/h4-6,8,12H,7H2,1-3H3,(H,15,16). The first kappa shape index (κ1) is 16.4. The molecule has 1 atom stereocenters. The molecule has 0 amide bonds. The smallest absolute Gasteiger partial charge is 0.322 e. The molecule has 1 aromatic rings. The van der Waals surface area contributed by atoms with Crippen LogP contribution < -0.4 is 4.74 Å². The van der Waals surface area contributed by atoms with Crippen molar-refractivity contribution in [2.45, 2.75) is 24.9 Å². The number of carbonyl (C=O) groups is 1. The molecular formula is C13H17FO5S. The minimum absolute atomic E-state index is 0.0749. The van der Waals surface area contributed by atoms with Crippen LogP contribution in [0.5, 0.6) is 5.75 Å². The number of benzene rings is 1. The summed E-state index contributed by atoms with van der Waals surface area (Å²) in [6.45, 7) is 3.00. The minimum Gasteiger partial charge on any atom is -0.494 e. The molecule has 0 bridgehead atoms. The molecule has 1 N–H and O–H groups in total. The first-order valence-electron chi connectivity index (χ1n) is 5.96. The van der Waals surface area contributed by atoms with Crippen molar-refractivity contribution in [1.82, 2.24) is 0 Å². The highest BCUT2D eigenvalue weighted by atomic mass is 32.2. The molecule has 1 unspecified atom stereocenters. The SMILES string of the molecule is COc1cccc(CS(=O)(=O)C(C(=O)O)C(C)C)c1F. The predicted octanol–water partition coefficient (Wildman–Crippen LogP) is 1.86. The molecule has 7 heteroatoms. The molecule has 0 spiro atoms. The maximum Gasteiger partial charge on any atom is 0.322 e. The molecular weight excluding hydrogens is 287 g/mol. The molecule has 1 aromatic carbocycles. The molecule has 5 nitrogen and oxygen atoms in total. The second-order valence-corrected chi connectivity index (χ2v) is 6.87. The minimum atomic E-state index is -4.02. The van der Waals surface area contributed by atoms with Crippen molar-refractivity contribution in [2.75, 3.05) is 7.11 Å². The van der Waals surface area contributed by atoms with E-state index in [-0.39, 0.29) is 11.3 Å². The average Bonchev–Trinajstić information content (AvgIpc) is 2.29. The Morgan fingerprint density at radius 1 is 1.40 bits per heavy atom. The van der Waals surface area contributed by atoms with Gasteiger partial charge < -0.3 is 9.84 Å². The lowest BCUT2D eigenvalue weighted by molar-refractivity contribution is -0.137. The lowest BCUT2D eigenvalue weighted by Gasteiger charge is -2.17. The Hall–Kier alpha value is -1.63. The van der Waals surface area contributed by atoms with E-state index >= 15 is 0 Å². The number of halogens is 1. The molecule has 0 saturated carbocycles. The van der Waals surface area contributed by atoms with E-state index < -0.39 is 38.5 Å². The van der Waals surface area contributed by atoms with Crippen LogP contribution in [0.4, 0.5) is 4.39 Å². The van der Waals surface area contributed by atoms with Crippen LogP contribution in [0.15, 0.2) is 18.2 Å². The molecule has 0 aliphatic heterocycles. The van der Waals surface area contributed by atoms with Gasteiger partial charge in [0.05, 0.1) is 12.9 Å². The molecule has 0 aromatic heterocycles. The van der Waals surface area contributed by atoms with E-state index in [9.17, 15) is 17.6 Å². The summed E-state index contributed by atoms with van der Waals surface area (Å²) in [5, 5.41) is 7.47. The van der Waals surface area contributed by atoms with Gasteiger partial charge in [-0.3, -0.25) is 4.79 Å². The Kier molecular flexibility index (Phi) is 5.10. The Morgan fingerprint density at radius 2 is 2.00 bits per heavy atom. The van der Waals surface area contributed by atoms with Gasteiger partial charge in [0.25, 0.3) is 0 Å². The topological polar surface area (TPSA) is 80.7 Å². The molecule has 0 saturated heterocycles. The monoisotopic (exact) mass is 304 g/mol. The maximum atomic E-state index is 13.9. The third-order valence-electron chi connectivity index (χ3n) is 2.86. The average molecular weight is 304 g/mol. The molecule has 1 rings (SSSR count). The molecule has 0 aliphatic rings. The van der Waals surface area contributed by atoms with Gasteiger partial charge in [0.1, 0.15) is 0 Å². The van der Waals surface area contributed by atoms with Gasteiger partial charge in [0.2, 0.25) is 0 Å². The van der Waals surface area contributed by atoms with E-state index in [0.29, 0.717) is 0 Å². The zero-order valence-electron chi connectivity index (χ0n) is 11.5. The summed E-state index contributed by atoms with van der Waals surface area (Å²) in [4.78, 5) is 11.1. The van der Waals surface area contributed by atoms with Crippen LogP contribution in [0.3, 0.4) is 0 Å². The summed E-state index contributed by atoms with van der Waals surface area (Å²) < 4.78 is 43.0. The Bertz CT molecular complexity index is 595. The van der Waals surface area contributed by atoms with Crippen molar-refractivity contribution in [1.29, 1.82) is 0 Å². The van der Waals surface area contributed by atoms with Crippen molar-refractivity contribution in [3.8, 4) is 5.75 Å². The fraction of sp³-hybridized carbons (Fsp3) is 0.462. The number of hydrogen-bond donors (Lipinski definition) is 1. The first-order valence-corrected chi connectivity index (χ1v) is 7.68. The van der Waals surface area contributed by atoms with Crippen LogP contribution in [0.25, 0.3) is 0 Å². The van der Waals surface area contributed by atoms with Gasteiger partial charge in [0, 0.05) is 5.56 Å². The second kappa shape index (κ2) is 6.21. The molecule has 0 heterocycles. The van der Waals surface area contributed by atoms with Crippen molar-refractivity contribution >= 4 is 15.8 Å². The number of carboxylic acid groups (broad SMARTS) is 1. The lowest BCUT2D eigenvalue weighted by atomic mass is 10.1. The highest BCUT2D eigenvalue weighted by molar-refractivity contribution is 7.92. The summed E-state index contributed by atoms with van der Waals surface area (Å²) in [5.74, 6) is -3.57. The van der Waals surface area contributed by atoms with Crippen LogP contribution >= 0.6 is 0 Å². The zero-order chi connectivity index (χ0) is 15.5. The summed E-state index contributed by atoms with van der Waals surface area (Å²) in [6.07, 6.45) is 0. The Balaban J connectivity index is 3.17. The normalized spacial score (nSPS) is 13.2. The van der Waals surface area contributed by atoms with Crippen molar-refractivity contribution in [2.24, 2.45) is 5.92 Å². The molecule has 0 aliphatic carbocycles. The lowest BCUT2D eigenvalue weighted by Crippen LogP contribution is -2.36. The molecule has 112 valence electrons. The van der Waals surface area contributed by atoms with E-state index in [1.54, 1.807) is 0 Å². The van der Waals surface area contributed by atoms with E-state index in [0.717, 1.165) is 0 Å². The number of methoxy groups -OCH3 is 1. The van der Waals surface area contributed by atoms with Gasteiger partial charge >= 0.3 is 5.97 Å². The Morgan fingerprint density at radius 3 is 2.45 bits per heavy atom. The van der Waals surface area contributed by atoms with E-state index in [1.807, 2.05) is 0 Å². The predicted molar refractivity (Wildman–Crippen MR) is 71.8 cm³/mol. The molecule has 20 heavy (non-hydrogen) atoms. The van der Waals surface area contributed by atoms with E-state index in [1.165, 1.54) is 39.2 Å². The summed E-state index contributed by atoms with van der Waals surface area (Å²) in [6, 6.07) is 4.12. The summed E-state index contributed by atoms with van der Waals surface area (Å²) in [5.41, 5.74) is -0.101. The van der Waals surface area contributed by atoms with Crippen molar-refractivity contribution in [3.05, 3.63) is 29.6 Å². The van der Waals surface area contributed by atoms with Gasteiger partial charge in [-0.25, -0.2) is 12.8 Å². The van der Waals surface area contributed by atoms with E-state index in [4.69, 9.17) is 9.84 Å². The number of carboxylic acids is 1. The first-order chi connectivity index (χ1) is 9.20. The Labute approximate surface area is 117 Å². The highest BCUT2D eigenvalue weighted by Crippen LogP contribution is 2.24. The molecule has 0 fully saturated rings. The number of sulfone groups is 1. The quantitative estimate of drug-likeness (QED) is 0.867. The van der Waals surface area contributed by atoms with Crippen LogP contribution in [0.1, 0.15) is 19.4 Å². The fourth-order valence-electron chi connectivity index (χ4n) is 1.99. The third kappa shape index (κ3) is 3.47. The number of ether oxygens (including phenoxy) is 1. The number of hydrogen-bond acceptors (Lipinski definition) is 4. The third-order valence-corrected chi connectivity index (χ3v) is 5.09. The van der Waals surface area contributed by atoms with Gasteiger partial charge in [-0.15, -0.1) is 0 Å². The van der Waals surface area contributed by atoms with E-state index in [2.05, 4.69) is 0 Å². The van der Waals surface area contributed by atoms with Crippen LogP contribution in [-0.4, -0.2) is 31.9 Å². The van der Waals surface area contributed by atoms with Crippen molar-refractivity contribution < 1.29 is 27.4 Å².